The maximum Gasteiger partial charge on any atom is 0.410 e. The number of aromatic nitrogens is 1. The predicted octanol–water partition coefficient (Wildman–Crippen LogP) is 5.26. The highest BCUT2D eigenvalue weighted by molar-refractivity contribution is 6.30. The van der Waals surface area contributed by atoms with Gasteiger partial charge in [0.15, 0.2) is 0 Å². The summed E-state index contributed by atoms with van der Waals surface area (Å²) < 4.78 is 16.6. The second kappa shape index (κ2) is 11.7. The molecule has 0 spiro atoms. The van der Waals surface area contributed by atoms with Crippen molar-refractivity contribution in [2.45, 2.75) is 64.7 Å². The summed E-state index contributed by atoms with van der Waals surface area (Å²) in [7, 11) is 1.64. The van der Waals surface area contributed by atoms with E-state index < -0.39 is 5.60 Å². The predicted molar refractivity (Wildman–Crippen MR) is 142 cm³/mol. The molecule has 37 heavy (non-hydrogen) atoms. The molecule has 0 aliphatic carbocycles. The Hall–Kier alpha value is -2.84. The molecule has 9 heteroatoms. The lowest BCUT2D eigenvalue weighted by molar-refractivity contribution is -0.124. The molecule has 1 unspecified atom stereocenters. The first-order valence-electron chi connectivity index (χ1n) is 12.8. The molecule has 0 bridgehead atoms. The monoisotopic (exact) mass is 529 g/mol. The summed E-state index contributed by atoms with van der Waals surface area (Å²) in [5.41, 5.74) is 2.17. The van der Waals surface area contributed by atoms with E-state index in [2.05, 4.69) is 4.98 Å². The van der Waals surface area contributed by atoms with Crippen molar-refractivity contribution in [2.75, 3.05) is 31.7 Å². The molecule has 1 fully saturated rings. The number of carbonyl (C=O) groups excluding carboxylic acids is 2. The van der Waals surface area contributed by atoms with Gasteiger partial charge in [-0.15, -0.1) is 0 Å². The van der Waals surface area contributed by atoms with Crippen LogP contribution in [0, 0.1) is 5.92 Å². The number of nitrogens with zero attached hydrogens (tertiary/aromatic N) is 3. The van der Waals surface area contributed by atoms with Crippen LogP contribution in [0.15, 0.2) is 36.5 Å². The summed E-state index contributed by atoms with van der Waals surface area (Å²) in [4.78, 5) is 34.4. The fraction of sp³-hybridized carbons (Fsp3) is 0.536. The van der Waals surface area contributed by atoms with Crippen molar-refractivity contribution in [1.82, 2.24) is 9.88 Å². The lowest BCUT2D eigenvalue weighted by Gasteiger charge is -2.42. The van der Waals surface area contributed by atoms with Gasteiger partial charge in [-0.3, -0.25) is 9.78 Å². The number of hydrogen-bond acceptors (Lipinski definition) is 6. The van der Waals surface area contributed by atoms with E-state index in [1.54, 1.807) is 18.2 Å². The van der Waals surface area contributed by atoms with Crippen LogP contribution in [0.3, 0.4) is 0 Å². The molecule has 3 heterocycles. The molecule has 0 saturated carbocycles. The van der Waals surface area contributed by atoms with Gasteiger partial charge >= 0.3 is 6.09 Å². The molecular formula is C28H36ClN3O5. The molecule has 2 aliphatic heterocycles. The first-order chi connectivity index (χ1) is 17.6. The Morgan fingerprint density at radius 1 is 1.16 bits per heavy atom. The minimum atomic E-state index is -0.541. The van der Waals surface area contributed by atoms with Crippen LogP contribution < -0.4 is 9.64 Å². The molecular weight excluding hydrogens is 494 g/mol. The Balaban J connectivity index is 1.39. The summed E-state index contributed by atoms with van der Waals surface area (Å²) in [5.74, 6) is 0.654. The number of likely N-dealkylation sites (tertiary alicyclic amines) is 1. The minimum absolute atomic E-state index is 0.0341. The van der Waals surface area contributed by atoms with Crippen molar-refractivity contribution in [3.8, 4) is 5.75 Å². The number of halogens is 1. The molecule has 0 N–H and O–H groups in total. The maximum absolute atomic E-state index is 13.7. The van der Waals surface area contributed by atoms with Gasteiger partial charge in [-0.25, -0.2) is 4.79 Å². The molecule has 1 atom stereocenters. The normalized spacial score (nSPS) is 18.5. The number of amides is 2. The smallest absolute Gasteiger partial charge is 0.410 e. The van der Waals surface area contributed by atoms with Crippen molar-refractivity contribution in [3.63, 3.8) is 0 Å². The number of benzene rings is 1. The van der Waals surface area contributed by atoms with E-state index in [4.69, 9.17) is 25.8 Å². The molecule has 2 aliphatic rings. The maximum atomic E-state index is 13.7. The van der Waals surface area contributed by atoms with Gasteiger partial charge in [0.25, 0.3) is 0 Å². The average Bonchev–Trinajstić information content (AvgIpc) is 2.86. The summed E-state index contributed by atoms with van der Waals surface area (Å²) in [6, 6.07) is 9.55. The fourth-order valence-electron chi connectivity index (χ4n) is 4.83. The summed E-state index contributed by atoms with van der Waals surface area (Å²) in [6.45, 7) is 7.58. The summed E-state index contributed by atoms with van der Waals surface area (Å²) in [5, 5.41) is 0.504. The highest BCUT2D eigenvalue weighted by Crippen LogP contribution is 2.36. The molecule has 1 saturated heterocycles. The molecule has 0 radical (unpaired) electrons. The van der Waals surface area contributed by atoms with Crippen LogP contribution in [0.1, 0.15) is 51.3 Å². The summed E-state index contributed by atoms with van der Waals surface area (Å²) >= 11 is 6.27. The molecule has 2 amide bonds. The Kier molecular flexibility index (Phi) is 8.60. The average molecular weight is 530 g/mol. The highest BCUT2D eigenvalue weighted by atomic mass is 35.5. The van der Waals surface area contributed by atoms with Crippen LogP contribution >= 0.6 is 11.6 Å². The van der Waals surface area contributed by atoms with E-state index >= 15 is 0 Å². The van der Waals surface area contributed by atoms with Gasteiger partial charge in [0.2, 0.25) is 5.91 Å². The number of ether oxygens (including phenoxy) is 3. The molecule has 2 aromatic rings. The third kappa shape index (κ3) is 6.93. The van der Waals surface area contributed by atoms with Crippen molar-refractivity contribution >= 4 is 29.3 Å². The van der Waals surface area contributed by atoms with Gasteiger partial charge in [-0.2, -0.15) is 0 Å². The van der Waals surface area contributed by atoms with Crippen LogP contribution in [-0.4, -0.2) is 60.3 Å². The van der Waals surface area contributed by atoms with Crippen LogP contribution in [0.2, 0.25) is 5.02 Å². The highest BCUT2D eigenvalue weighted by Gasteiger charge is 2.39. The third-order valence-electron chi connectivity index (χ3n) is 6.72. The summed E-state index contributed by atoms with van der Waals surface area (Å²) in [6.07, 6.45) is 3.82. The van der Waals surface area contributed by atoms with E-state index in [1.165, 1.54) is 0 Å². The molecule has 4 rings (SSSR count). The fourth-order valence-corrected chi connectivity index (χ4v) is 4.98. The van der Waals surface area contributed by atoms with E-state index in [1.807, 2.05) is 56.0 Å². The van der Waals surface area contributed by atoms with E-state index in [9.17, 15) is 9.59 Å². The quantitative estimate of drug-likeness (QED) is 0.455. The zero-order valence-electron chi connectivity index (χ0n) is 22.0. The Labute approximate surface area is 223 Å². The third-order valence-corrected chi connectivity index (χ3v) is 6.93. The lowest BCUT2D eigenvalue weighted by atomic mass is 9.89. The van der Waals surface area contributed by atoms with Crippen molar-refractivity contribution in [3.05, 3.63) is 52.8 Å². The van der Waals surface area contributed by atoms with Gasteiger partial charge in [-0.1, -0.05) is 23.7 Å². The Morgan fingerprint density at radius 2 is 1.86 bits per heavy atom. The second-order valence-corrected chi connectivity index (χ2v) is 11.1. The standard InChI is InChI=1S/C28H36ClN3O5/c1-28(2,3)37-27(34)31-12-9-22(10-13-31)32-25-16-21(29)17-30-24(25)15-20(26(32)33)11-14-36-18-19-5-7-23(35-4)8-6-19/h5-8,16-17,20,22H,9-15,18H2,1-4H3. The van der Waals surface area contributed by atoms with Crippen LogP contribution in [0.25, 0.3) is 0 Å². The Bertz CT molecular complexity index is 1090. The van der Waals surface area contributed by atoms with Gasteiger partial charge in [0.05, 0.1) is 30.1 Å². The zero-order chi connectivity index (χ0) is 26.6. The van der Waals surface area contributed by atoms with Crippen molar-refractivity contribution in [2.24, 2.45) is 5.92 Å². The van der Waals surface area contributed by atoms with Gasteiger partial charge < -0.3 is 24.0 Å². The number of hydrogen-bond donors (Lipinski definition) is 0. The Morgan fingerprint density at radius 3 is 2.51 bits per heavy atom. The molecule has 200 valence electrons. The largest absolute Gasteiger partial charge is 0.497 e. The van der Waals surface area contributed by atoms with E-state index in [-0.39, 0.29) is 24.0 Å². The number of methoxy groups -OCH3 is 1. The van der Waals surface area contributed by atoms with Crippen molar-refractivity contribution < 1.29 is 23.8 Å². The van der Waals surface area contributed by atoms with Gasteiger partial charge in [0, 0.05) is 44.3 Å². The van der Waals surface area contributed by atoms with Crippen molar-refractivity contribution in [1.29, 1.82) is 0 Å². The molecule has 8 nitrogen and oxygen atoms in total. The van der Waals surface area contributed by atoms with Crippen LogP contribution in [-0.2, 0) is 27.3 Å². The van der Waals surface area contributed by atoms with Gasteiger partial charge in [0.1, 0.15) is 11.4 Å². The van der Waals surface area contributed by atoms with Crippen LogP contribution in [0.4, 0.5) is 10.5 Å². The SMILES string of the molecule is COc1ccc(COCCC2Cc3ncc(Cl)cc3N(C3CCN(C(=O)OC(C)(C)C)CC3)C2=O)cc1. The first-order valence-corrected chi connectivity index (χ1v) is 13.2. The molecule has 1 aromatic heterocycles. The first kappa shape index (κ1) is 27.2. The van der Waals surface area contributed by atoms with Gasteiger partial charge in [-0.05, 0) is 63.8 Å². The number of anilines is 1. The molecule has 1 aromatic carbocycles. The lowest BCUT2D eigenvalue weighted by Crippen LogP contribution is -2.53. The number of pyridine rings is 1. The van der Waals surface area contributed by atoms with E-state index in [0.717, 1.165) is 22.7 Å². The van der Waals surface area contributed by atoms with E-state index in [0.29, 0.717) is 57.0 Å². The topological polar surface area (TPSA) is 81.2 Å². The second-order valence-electron chi connectivity index (χ2n) is 10.6. The number of piperidine rings is 1. The minimum Gasteiger partial charge on any atom is -0.497 e. The zero-order valence-corrected chi connectivity index (χ0v) is 22.8. The van der Waals surface area contributed by atoms with Crippen LogP contribution in [0.5, 0.6) is 5.75 Å². The number of fused-ring (bicyclic) bond motifs is 1. The number of rotatable bonds is 7. The number of carbonyl (C=O) groups is 2.